The molecule has 1 aliphatic heterocycles. The summed E-state index contributed by atoms with van der Waals surface area (Å²) in [5.41, 5.74) is 2.31. The number of hydrogen-bond acceptors (Lipinski definition) is 5. The largest absolute Gasteiger partial charge is 0.488 e. The summed E-state index contributed by atoms with van der Waals surface area (Å²) in [5, 5.41) is 4.11. The molecule has 4 aromatic rings. The number of aryl methyl sites for hydroxylation is 1. The normalized spacial score (nSPS) is 15.9. The molecule has 0 radical (unpaired) electrons. The van der Waals surface area contributed by atoms with Gasteiger partial charge >= 0.3 is 0 Å². The molecule has 1 unspecified atom stereocenters. The minimum Gasteiger partial charge on any atom is -0.488 e. The molecule has 5 rings (SSSR count). The van der Waals surface area contributed by atoms with Crippen molar-refractivity contribution in [1.29, 1.82) is 0 Å². The van der Waals surface area contributed by atoms with Gasteiger partial charge < -0.3 is 18.7 Å². The van der Waals surface area contributed by atoms with Gasteiger partial charge in [-0.25, -0.2) is 0 Å². The van der Waals surface area contributed by atoms with Gasteiger partial charge in [-0.05, 0) is 24.3 Å². The van der Waals surface area contributed by atoms with E-state index in [1.807, 2.05) is 89.4 Å². The van der Waals surface area contributed by atoms with E-state index in [2.05, 4.69) is 10.1 Å². The van der Waals surface area contributed by atoms with Gasteiger partial charge in [0.25, 0.3) is 11.8 Å². The van der Waals surface area contributed by atoms with Crippen molar-refractivity contribution in [1.82, 2.24) is 19.6 Å². The Bertz CT molecular complexity index is 1200. The highest BCUT2D eigenvalue weighted by molar-refractivity contribution is 5.93. The molecule has 1 atom stereocenters. The smallest absolute Gasteiger partial charge is 0.270 e. The Labute approximate surface area is 179 Å². The first kappa shape index (κ1) is 19.1. The fourth-order valence-electron chi connectivity index (χ4n) is 3.82. The van der Waals surface area contributed by atoms with E-state index in [4.69, 9.17) is 9.26 Å². The third kappa shape index (κ3) is 3.82. The molecule has 0 N–H and O–H groups in total. The van der Waals surface area contributed by atoms with Gasteiger partial charge in [0.1, 0.15) is 17.5 Å². The number of benzene rings is 2. The highest BCUT2D eigenvalue weighted by Crippen LogP contribution is 2.32. The molecule has 156 valence electrons. The van der Waals surface area contributed by atoms with Crippen LogP contribution < -0.4 is 4.74 Å². The number of rotatable bonds is 5. The molecule has 2 aromatic heterocycles. The summed E-state index contributed by atoms with van der Waals surface area (Å²) in [6, 6.07) is 21.0. The van der Waals surface area contributed by atoms with Crippen LogP contribution in [0.2, 0.25) is 0 Å². The van der Waals surface area contributed by atoms with Crippen LogP contribution in [0.3, 0.4) is 0 Å². The SMILES string of the molecule is Cn1cccc1C(=O)N1CCC(Oc2ccccc2-c2nc(-c3ccccc3)no2)C1. The lowest BCUT2D eigenvalue weighted by molar-refractivity contribution is 0.0763. The van der Waals surface area contributed by atoms with Crippen LogP contribution >= 0.6 is 0 Å². The van der Waals surface area contributed by atoms with Crippen LogP contribution in [0.25, 0.3) is 22.8 Å². The average Bonchev–Trinajstić information content (AvgIpc) is 3.55. The third-order valence-corrected chi connectivity index (χ3v) is 5.46. The molecule has 7 nitrogen and oxygen atoms in total. The van der Waals surface area contributed by atoms with Crippen molar-refractivity contribution in [2.45, 2.75) is 12.5 Å². The first-order valence-electron chi connectivity index (χ1n) is 10.2. The molecule has 7 heteroatoms. The van der Waals surface area contributed by atoms with Gasteiger partial charge in [0.2, 0.25) is 5.82 Å². The van der Waals surface area contributed by atoms with Crippen LogP contribution in [0, 0.1) is 0 Å². The average molecular weight is 414 g/mol. The van der Waals surface area contributed by atoms with Crippen LogP contribution in [0.1, 0.15) is 16.9 Å². The number of nitrogens with zero attached hydrogens (tertiary/aromatic N) is 4. The molecule has 0 saturated carbocycles. The van der Waals surface area contributed by atoms with Gasteiger partial charge in [-0.3, -0.25) is 4.79 Å². The lowest BCUT2D eigenvalue weighted by Gasteiger charge is -2.18. The summed E-state index contributed by atoms with van der Waals surface area (Å²) >= 11 is 0. The number of amides is 1. The van der Waals surface area contributed by atoms with Crippen molar-refractivity contribution < 1.29 is 14.1 Å². The first-order valence-corrected chi connectivity index (χ1v) is 10.2. The minimum atomic E-state index is -0.0955. The van der Waals surface area contributed by atoms with E-state index in [0.29, 0.717) is 36.2 Å². The summed E-state index contributed by atoms with van der Waals surface area (Å²) in [6.45, 7) is 1.20. The van der Waals surface area contributed by atoms with E-state index < -0.39 is 0 Å². The summed E-state index contributed by atoms with van der Waals surface area (Å²) in [5.74, 6) is 1.63. The Morgan fingerprint density at radius 1 is 1.06 bits per heavy atom. The first-order chi connectivity index (χ1) is 15.2. The number of ether oxygens (including phenoxy) is 1. The van der Waals surface area contributed by atoms with Gasteiger partial charge in [0, 0.05) is 31.8 Å². The molecule has 0 aliphatic carbocycles. The predicted octanol–water partition coefficient (Wildman–Crippen LogP) is 4.04. The van der Waals surface area contributed by atoms with Crippen molar-refractivity contribution >= 4 is 5.91 Å². The van der Waals surface area contributed by atoms with Crippen LogP contribution in [0.5, 0.6) is 5.75 Å². The van der Waals surface area contributed by atoms with Crippen molar-refractivity contribution in [3.63, 3.8) is 0 Å². The fourth-order valence-corrected chi connectivity index (χ4v) is 3.82. The standard InChI is InChI=1S/C24H22N4O3/c1-27-14-7-11-20(27)24(29)28-15-13-18(16-28)30-21-12-6-5-10-19(21)23-25-22(26-31-23)17-8-3-2-4-9-17/h2-12,14,18H,13,15-16H2,1H3. The second kappa shape index (κ2) is 8.10. The molecule has 3 heterocycles. The van der Waals surface area contributed by atoms with Crippen molar-refractivity contribution in [2.75, 3.05) is 13.1 Å². The Morgan fingerprint density at radius 2 is 1.87 bits per heavy atom. The van der Waals surface area contributed by atoms with Crippen LogP contribution in [0.4, 0.5) is 0 Å². The number of para-hydroxylation sites is 1. The van der Waals surface area contributed by atoms with Gasteiger partial charge in [-0.15, -0.1) is 0 Å². The van der Waals surface area contributed by atoms with Gasteiger partial charge in [0.15, 0.2) is 0 Å². The summed E-state index contributed by atoms with van der Waals surface area (Å²) in [7, 11) is 1.88. The van der Waals surface area contributed by atoms with E-state index in [1.165, 1.54) is 0 Å². The van der Waals surface area contributed by atoms with Crippen LogP contribution in [-0.2, 0) is 7.05 Å². The molecule has 1 saturated heterocycles. The molecular formula is C24H22N4O3. The molecule has 31 heavy (non-hydrogen) atoms. The maximum Gasteiger partial charge on any atom is 0.270 e. The van der Waals surface area contributed by atoms with Gasteiger partial charge in [-0.1, -0.05) is 47.6 Å². The highest BCUT2D eigenvalue weighted by Gasteiger charge is 2.30. The molecule has 2 aromatic carbocycles. The van der Waals surface area contributed by atoms with Crippen molar-refractivity contribution in [2.24, 2.45) is 7.05 Å². The van der Waals surface area contributed by atoms with Crippen molar-refractivity contribution in [3.05, 3.63) is 78.6 Å². The third-order valence-electron chi connectivity index (χ3n) is 5.46. The number of carbonyl (C=O) groups excluding carboxylic acids is 1. The van der Waals surface area contributed by atoms with E-state index in [9.17, 15) is 4.79 Å². The number of likely N-dealkylation sites (tertiary alicyclic amines) is 1. The molecule has 0 bridgehead atoms. The van der Waals surface area contributed by atoms with Crippen LogP contribution in [0.15, 0.2) is 77.4 Å². The molecule has 1 aliphatic rings. The monoisotopic (exact) mass is 414 g/mol. The lowest BCUT2D eigenvalue weighted by atomic mass is 10.2. The summed E-state index contributed by atoms with van der Waals surface area (Å²) < 4.78 is 13.6. The topological polar surface area (TPSA) is 73.4 Å². The van der Waals surface area contributed by atoms with E-state index in [0.717, 1.165) is 17.5 Å². The fraction of sp³-hybridized carbons (Fsp3) is 0.208. The maximum atomic E-state index is 12.8. The summed E-state index contributed by atoms with van der Waals surface area (Å²) in [4.78, 5) is 19.2. The quantitative estimate of drug-likeness (QED) is 0.493. The Kier molecular flexibility index (Phi) is 5.00. The van der Waals surface area contributed by atoms with E-state index >= 15 is 0 Å². The zero-order valence-corrected chi connectivity index (χ0v) is 17.1. The number of carbonyl (C=O) groups is 1. The summed E-state index contributed by atoms with van der Waals surface area (Å²) in [6.07, 6.45) is 2.55. The minimum absolute atomic E-state index is 0.0243. The Hall–Kier alpha value is -3.87. The molecule has 1 amide bonds. The lowest BCUT2D eigenvalue weighted by Crippen LogP contribution is -2.32. The predicted molar refractivity (Wildman–Crippen MR) is 116 cm³/mol. The highest BCUT2D eigenvalue weighted by atomic mass is 16.5. The maximum absolute atomic E-state index is 12.8. The van der Waals surface area contributed by atoms with Crippen LogP contribution in [-0.4, -0.2) is 44.7 Å². The zero-order valence-electron chi connectivity index (χ0n) is 17.1. The van der Waals surface area contributed by atoms with E-state index in [1.54, 1.807) is 0 Å². The Balaban J connectivity index is 1.32. The second-order valence-corrected chi connectivity index (χ2v) is 7.57. The van der Waals surface area contributed by atoms with Crippen molar-refractivity contribution in [3.8, 4) is 28.6 Å². The van der Waals surface area contributed by atoms with Gasteiger partial charge in [-0.2, -0.15) is 4.98 Å². The molecular weight excluding hydrogens is 392 g/mol. The zero-order chi connectivity index (χ0) is 21.2. The van der Waals surface area contributed by atoms with Gasteiger partial charge in [0.05, 0.1) is 12.1 Å². The second-order valence-electron chi connectivity index (χ2n) is 7.57. The number of hydrogen-bond donors (Lipinski definition) is 0. The molecule has 1 fully saturated rings. The Morgan fingerprint density at radius 3 is 2.68 bits per heavy atom. The number of aromatic nitrogens is 3. The van der Waals surface area contributed by atoms with E-state index in [-0.39, 0.29) is 12.0 Å². The molecule has 0 spiro atoms.